The van der Waals surface area contributed by atoms with Crippen molar-refractivity contribution in [1.82, 2.24) is 9.88 Å². The maximum absolute atomic E-state index is 12.3. The number of benzene rings is 1. The number of anilines is 1. The van der Waals surface area contributed by atoms with Crippen molar-refractivity contribution in [3.8, 4) is 11.5 Å². The zero-order valence-electron chi connectivity index (χ0n) is 13.3. The third-order valence-corrected chi connectivity index (χ3v) is 4.19. The fourth-order valence-electron chi connectivity index (χ4n) is 2.65. The number of urea groups is 1. The number of β-amino-alcohol motifs (C(OH)–C–C–N with tert-alkyl or cyclic N) is 1. The number of likely N-dealkylation sites (tertiary alicyclic amines) is 1. The van der Waals surface area contributed by atoms with Crippen molar-refractivity contribution >= 4 is 11.7 Å². The Balaban J connectivity index is 1.69. The number of amides is 2. The van der Waals surface area contributed by atoms with Crippen LogP contribution in [0.5, 0.6) is 0 Å². The zero-order chi connectivity index (χ0) is 16.4. The van der Waals surface area contributed by atoms with Gasteiger partial charge in [0.15, 0.2) is 0 Å². The summed E-state index contributed by atoms with van der Waals surface area (Å²) in [5.74, 6) is 1.50. The lowest BCUT2D eigenvalue weighted by Gasteiger charge is -2.34. The van der Waals surface area contributed by atoms with Gasteiger partial charge in [-0.2, -0.15) is 0 Å². The first kappa shape index (κ1) is 15.6. The highest BCUT2D eigenvalue weighted by molar-refractivity contribution is 5.90. The van der Waals surface area contributed by atoms with E-state index in [1.165, 1.54) is 0 Å². The second kappa shape index (κ2) is 6.42. The molecule has 0 radical (unpaired) electrons. The molecule has 2 amide bonds. The lowest BCUT2D eigenvalue weighted by atomic mass is 9.96. The second-order valence-electron chi connectivity index (χ2n) is 6.07. The molecule has 1 fully saturated rings. The molecule has 0 bridgehead atoms. The van der Waals surface area contributed by atoms with Crippen LogP contribution >= 0.6 is 0 Å². The van der Waals surface area contributed by atoms with E-state index in [1.54, 1.807) is 11.1 Å². The van der Waals surface area contributed by atoms with Crippen molar-refractivity contribution in [1.29, 1.82) is 0 Å². The van der Waals surface area contributed by atoms with Crippen LogP contribution < -0.4 is 5.32 Å². The average Bonchev–Trinajstić information content (AvgIpc) is 2.97. The summed E-state index contributed by atoms with van der Waals surface area (Å²) in [6.07, 6.45) is 2.01. The molecule has 2 unspecified atom stereocenters. The normalized spacial score (nSPS) is 21.3. The summed E-state index contributed by atoms with van der Waals surface area (Å²) in [5.41, 5.74) is 1.49. The number of carbonyl (C=O) groups is 1. The van der Waals surface area contributed by atoms with Crippen molar-refractivity contribution in [2.24, 2.45) is 5.92 Å². The van der Waals surface area contributed by atoms with Gasteiger partial charge in [-0.15, -0.1) is 0 Å². The number of rotatable bonds is 2. The fraction of sp³-hybridized carbons (Fsp3) is 0.412. The molecular formula is C17H21N3O3. The smallest absolute Gasteiger partial charge is 0.321 e. The highest BCUT2D eigenvalue weighted by Crippen LogP contribution is 2.23. The Morgan fingerprint density at radius 3 is 3.00 bits per heavy atom. The van der Waals surface area contributed by atoms with E-state index in [-0.39, 0.29) is 11.9 Å². The van der Waals surface area contributed by atoms with Crippen LogP contribution in [0.3, 0.4) is 0 Å². The van der Waals surface area contributed by atoms with Crippen molar-refractivity contribution in [2.45, 2.75) is 26.4 Å². The maximum atomic E-state index is 12.3. The first-order valence-corrected chi connectivity index (χ1v) is 7.80. The number of aliphatic hydroxyl groups excluding tert-OH is 1. The van der Waals surface area contributed by atoms with Crippen LogP contribution in [-0.2, 0) is 0 Å². The first-order chi connectivity index (χ1) is 11.0. The summed E-state index contributed by atoms with van der Waals surface area (Å²) in [7, 11) is 0. The Bertz CT molecular complexity index is 698. The van der Waals surface area contributed by atoms with Gasteiger partial charge < -0.3 is 19.7 Å². The van der Waals surface area contributed by atoms with Crippen molar-refractivity contribution in [3.05, 3.63) is 36.2 Å². The van der Waals surface area contributed by atoms with Crippen LogP contribution in [0.1, 0.15) is 19.1 Å². The first-order valence-electron chi connectivity index (χ1n) is 7.80. The second-order valence-corrected chi connectivity index (χ2v) is 6.07. The molecule has 6 nitrogen and oxygen atoms in total. The topological polar surface area (TPSA) is 78.6 Å². The molecule has 122 valence electrons. The number of carbonyl (C=O) groups excluding carboxylic acids is 1. The lowest BCUT2D eigenvalue weighted by Crippen LogP contribution is -2.47. The van der Waals surface area contributed by atoms with Crippen molar-refractivity contribution < 1.29 is 14.3 Å². The summed E-state index contributed by atoms with van der Waals surface area (Å²) < 4.78 is 5.50. The third-order valence-electron chi connectivity index (χ3n) is 4.19. The van der Waals surface area contributed by atoms with Gasteiger partial charge in [-0.3, -0.25) is 0 Å². The summed E-state index contributed by atoms with van der Waals surface area (Å²) >= 11 is 0. The van der Waals surface area contributed by atoms with Gasteiger partial charge in [-0.1, -0.05) is 13.0 Å². The van der Waals surface area contributed by atoms with Gasteiger partial charge in [0.05, 0.1) is 12.3 Å². The fourth-order valence-corrected chi connectivity index (χ4v) is 2.65. The predicted molar refractivity (Wildman–Crippen MR) is 87.1 cm³/mol. The highest BCUT2D eigenvalue weighted by atomic mass is 16.4. The highest BCUT2D eigenvalue weighted by Gasteiger charge is 2.27. The summed E-state index contributed by atoms with van der Waals surface area (Å²) in [6.45, 7) is 4.86. The number of hydrogen-bond donors (Lipinski definition) is 2. The number of aromatic nitrogens is 1. The molecule has 23 heavy (non-hydrogen) atoms. The molecule has 1 aliphatic heterocycles. The monoisotopic (exact) mass is 315 g/mol. The van der Waals surface area contributed by atoms with Crippen LogP contribution in [0.4, 0.5) is 10.5 Å². The number of aryl methyl sites for hydroxylation is 1. The predicted octanol–water partition coefficient (Wildman–Crippen LogP) is 2.88. The van der Waals surface area contributed by atoms with E-state index < -0.39 is 6.10 Å². The van der Waals surface area contributed by atoms with Gasteiger partial charge in [0.2, 0.25) is 5.89 Å². The van der Waals surface area contributed by atoms with Gasteiger partial charge in [0, 0.05) is 24.3 Å². The van der Waals surface area contributed by atoms with Gasteiger partial charge in [0.1, 0.15) is 5.76 Å². The minimum absolute atomic E-state index is 0.198. The molecule has 1 saturated heterocycles. The molecule has 0 spiro atoms. The number of nitrogens with zero attached hydrogens (tertiary/aromatic N) is 2. The summed E-state index contributed by atoms with van der Waals surface area (Å²) in [5, 5.41) is 12.8. The van der Waals surface area contributed by atoms with E-state index in [2.05, 4.69) is 10.3 Å². The minimum Gasteiger partial charge on any atom is -0.441 e. The molecule has 2 heterocycles. The van der Waals surface area contributed by atoms with E-state index in [0.717, 1.165) is 17.7 Å². The molecule has 0 saturated carbocycles. The molecule has 2 atom stereocenters. The Kier molecular flexibility index (Phi) is 4.34. The number of hydrogen-bond acceptors (Lipinski definition) is 4. The summed E-state index contributed by atoms with van der Waals surface area (Å²) in [6, 6.07) is 7.17. The largest absolute Gasteiger partial charge is 0.441 e. The van der Waals surface area contributed by atoms with Gasteiger partial charge in [-0.25, -0.2) is 9.78 Å². The van der Waals surface area contributed by atoms with E-state index >= 15 is 0 Å². The summed E-state index contributed by atoms with van der Waals surface area (Å²) in [4.78, 5) is 18.2. The average molecular weight is 315 g/mol. The number of piperidine rings is 1. The molecule has 2 N–H and O–H groups in total. The third kappa shape index (κ3) is 3.53. The zero-order valence-corrected chi connectivity index (χ0v) is 13.3. The Hall–Kier alpha value is -2.34. The SMILES string of the molecule is Cc1cnc(-c2cccc(NC(=O)N3CCC(C)C(O)C3)c2)o1. The Morgan fingerprint density at radius 1 is 1.48 bits per heavy atom. The van der Waals surface area contributed by atoms with Gasteiger partial charge >= 0.3 is 6.03 Å². The van der Waals surface area contributed by atoms with E-state index in [1.807, 2.05) is 38.1 Å². The standard InChI is InChI=1S/C17H21N3O3/c1-11-6-7-20(10-15(11)21)17(22)19-14-5-3-4-13(8-14)16-18-9-12(2)23-16/h3-5,8-9,11,15,21H,6-7,10H2,1-2H3,(H,19,22). The Labute approximate surface area is 135 Å². The molecule has 2 aromatic rings. The van der Waals surface area contributed by atoms with Crippen molar-refractivity contribution in [3.63, 3.8) is 0 Å². The maximum Gasteiger partial charge on any atom is 0.321 e. The number of nitrogens with one attached hydrogen (secondary N) is 1. The molecule has 0 aliphatic carbocycles. The number of aliphatic hydroxyl groups is 1. The molecule has 3 rings (SSSR count). The van der Waals surface area contributed by atoms with E-state index in [0.29, 0.717) is 24.7 Å². The van der Waals surface area contributed by atoms with Crippen LogP contribution in [0.25, 0.3) is 11.5 Å². The quantitative estimate of drug-likeness (QED) is 0.893. The molecule has 1 aliphatic rings. The van der Waals surface area contributed by atoms with Gasteiger partial charge in [-0.05, 0) is 37.5 Å². The van der Waals surface area contributed by atoms with Gasteiger partial charge in [0.25, 0.3) is 0 Å². The van der Waals surface area contributed by atoms with Crippen LogP contribution in [0, 0.1) is 12.8 Å². The molecule has 1 aromatic heterocycles. The van der Waals surface area contributed by atoms with Crippen LogP contribution in [0.15, 0.2) is 34.9 Å². The molecule has 1 aromatic carbocycles. The lowest BCUT2D eigenvalue weighted by molar-refractivity contribution is 0.0464. The van der Waals surface area contributed by atoms with Crippen molar-refractivity contribution in [2.75, 3.05) is 18.4 Å². The van der Waals surface area contributed by atoms with E-state index in [9.17, 15) is 9.90 Å². The molecular weight excluding hydrogens is 294 g/mol. The molecule has 6 heteroatoms. The Morgan fingerprint density at radius 2 is 2.30 bits per heavy atom. The number of oxazole rings is 1. The van der Waals surface area contributed by atoms with E-state index in [4.69, 9.17) is 4.42 Å². The minimum atomic E-state index is -0.462. The van der Waals surface area contributed by atoms with Crippen LogP contribution in [-0.4, -0.2) is 40.2 Å². The van der Waals surface area contributed by atoms with Crippen LogP contribution in [0.2, 0.25) is 0 Å².